The van der Waals surface area contributed by atoms with Gasteiger partial charge in [-0.2, -0.15) is 4.98 Å². The number of anilines is 1. The largest absolute Gasteiger partial charge is 0.497 e. The minimum atomic E-state index is -0.698. The van der Waals surface area contributed by atoms with Crippen molar-refractivity contribution in [2.45, 2.75) is 18.9 Å². The summed E-state index contributed by atoms with van der Waals surface area (Å²) in [5.41, 5.74) is 0.806. The highest BCUT2D eigenvalue weighted by molar-refractivity contribution is 7.20. The van der Waals surface area contributed by atoms with Crippen LogP contribution in [0, 0.1) is 11.6 Å². The number of nitrogens with zero attached hydrogens (tertiary/aromatic N) is 2. The van der Waals surface area contributed by atoms with Gasteiger partial charge in [0.2, 0.25) is 0 Å². The average molecular weight is 419 g/mol. The lowest BCUT2D eigenvalue weighted by Crippen LogP contribution is -2.43. The van der Waals surface area contributed by atoms with Gasteiger partial charge in [0.05, 0.1) is 11.8 Å². The van der Waals surface area contributed by atoms with Crippen molar-refractivity contribution in [1.29, 1.82) is 0 Å². The molecule has 1 fully saturated rings. The molecule has 1 aliphatic rings. The maximum absolute atomic E-state index is 13.8. The molecule has 9 heteroatoms. The first kappa shape index (κ1) is 19.4. The zero-order chi connectivity index (χ0) is 20.4. The lowest BCUT2D eigenvalue weighted by atomic mass is 10.1. The van der Waals surface area contributed by atoms with E-state index in [0.717, 1.165) is 23.2 Å². The van der Waals surface area contributed by atoms with Crippen LogP contribution in [0.2, 0.25) is 0 Å². The fraction of sp³-hybridized carbons (Fsp3) is 0.300. The molecule has 0 bridgehead atoms. The number of likely N-dealkylation sites (tertiary alicyclic amines) is 1. The molecule has 1 aliphatic heterocycles. The van der Waals surface area contributed by atoms with Crippen LogP contribution < -0.4 is 14.8 Å². The van der Waals surface area contributed by atoms with E-state index >= 15 is 0 Å². The third-order valence-corrected chi connectivity index (χ3v) is 5.62. The number of thiazole rings is 1. The summed E-state index contributed by atoms with van der Waals surface area (Å²) < 4.78 is 38.5. The number of aromatic nitrogens is 1. The van der Waals surface area contributed by atoms with Crippen LogP contribution in [0.3, 0.4) is 0 Å². The number of fused-ring (bicyclic) bond motifs is 1. The van der Waals surface area contributed by atoms with E-state index < -0.39 is 11.6 Å². The van der Waals surface area contributed by atoms with Crippen molar-refractivity contribution in [1.82, 2.24) is 9.88 Å². The predicted molar refractivity (Wildman–Crippen MR) is 107 cm³/mol. The summed E-state index contributed by atoms with van der Waals surface area (Å²) in [5, 5.41) is 3.17. The first-order chi connectivity index (χ1) is 14.0. The molecule has 2 aromatic carbocycles. The summed E-state index contributed by atoms with van der Waals surface area (Å²) in [4.78, 5) is 18.3. The molecule has 152 valence electrons. The Morgan fingerprint density at radius 1 is 1.21 bits per heavy atom. The zero-order valence-electron chi connectivity index (χ0n) is 15.7. The molecule has 0 radical (unpaired) electrons. The summed E-state index contributed by atoms with van der Waals surface area (Å²) in [6, 6.07) is 9.00. The number of halogens is 2. The smallest absolute Gasteiger partial charge is 0.321 e. The fourth-order valence-corrected chi connectivity index (χ4v) is 4.10. The van der Waals surface area contributed by atoms with Gasteiger partial charge in [-0.3, -0.25) is 0 Å². The zero-order valence-corrected chi connectivity index (χ0v) is 16.5. The van der Waals surface area contributed by atoms with Gasteiger partial charge in [0.15, 0.2) is 5.82 Å². The molecule has 1 N–H and O–H groups in total. The van der Waals surface area contributed by atoms with Crippen molar-refractivity contribution in [2.24, 2.45) is 0 Å². The summed E-state index contributed by atoms with van der Waals surface area (Å²) in [7, 11) is 1.59. The number of benzene rings is 2. The monoisotopic (exact) mass is 419 g/mol. The first-order valence-corrected chi connectivity index (χ1v) is 9.95. The van der Waals surface area contributed by atoms with E-state index in [2.05, 4.69) is 10.3 Å². The van der Waals surface area contributed by atoms with Gasteiger partial charge >= 0.3 is 6.03 Å². The molecule has 6 nitrogen and oxygen atoms in total. The number of hydrogen-bond donors (Lipinski definition) is 1. The van der Waals surface area contributed by atoms with Gasteiger partial charge in [0, 0.05) is 37.7 Å². The fourth-order valence-electron chi connectivity index (χ4n) is 3.18. The Labute approximate surface area is 170 Å². The summed E-state index contributed by atoms with van der Waals surface area (Å²) >= 11 is 1.11. The van der Waals surface area contributed by atoms with Gasteiger partial charge in [-0.05, 0) is 30.3 Å². The normalized spacial score (nSPS) is 14.8. The molecule has 4 rings (SSSR count). The van der Waals surface area contributed by atoms with Crippen molar-refractivity contribution < 1.29 is 23.0 Å². The van der Waals surface area contributed by atoms with Crippen molar-refractivity contribution in [3.8, 4) is 10.9 Å². The number of hydrogen-bond acceptors (Lipinski definition) is 5. The van der Waals surface area contributed by atoms with E-state index in [1.807, 2.05) is 0 Å². The van der Waals surface area contributed by atoms with Crippen LogP contribution in [0.5, 0.6) is 10.9 Å². The third-order valence-electron chi connectivity index (χ3n) is 4.73. The summed E-state index contributed by atoms with van der Waals surface area (Å²) in [6.45, 7) is 1.06. The lowest BCUT2D eigenvalue weighted by Gasteiger charge is -2.31. The predicted octanol–water partition coefficient (Wildman–Crippen LogP) is 4.66. The highest BCUT2D eigenvalue weighted by Gasteiger charge is 2.25. The van der Waals surface area contributed by atoms with E-state index in [-0.39, 0.29) is 17.7 Å². The Morgan fingerprint density at radius 3 is 2.62 bits per heavy atom. The van der Waals surface area contributed by atoms with Gasteiger partial charge in [-0.25, -0.2) is 13.6 Å². The number of nitrogens with one attached hydrogen (secondary N) is 1. The minimum Gasteiger partial charge on any atom is -0.497 e. The molecule has 0 aliphatic carbocycles. The average Bonchev–Trinajstić information content (AvgIpc) is 3.11. The van der Waals surface area contributed by atoms with Crippen molar-refractivity contribution in [3.63, 3.8) is 0 Å². The Hall–Kier alpha value is -2.94. The Morgan fingerprint density at radius 2 is 1.93 bits per heavy atom. The van der Waals surface area contributed by atoms with E-state index in [0.29, 0.717) is 41.5 Å². The molecule has 3 aromatic rings. The van der Waals surface area contributed by atoms with Gasteiger partial charge in [-0.15, -0.1) is 0 Å². The Bertz CT molecular complexity index is 1020. The maximum atomic E-state index is 13.8. The number of ether oxygens (including phenoxy) is 2. The number of carbonyl (C=O) groups excluding carboxylic acids is 1. The number of urea groups is 1. The molecule has 2 heterocycles. The molecule has 0 unspecified atom stereocenters. The molecular formula is C20H19F2N3O3S. The number of rotatable bonds is 4. The molecular weight excluding hydrogens is 400 g/mol. The molecule has 0 spiro atoms. The van der Waals surface area contributed by atoms with Crippen LogP contribution in [-0.4, -0.2) is 42.2 Å². The van der Waals surface area contributed by atoms with Crippen LogP contribution in [0.15, 0.2) is 36.4 Å². The topological polar surface area (TPSA) is 63.7 Å². The van der Waals surface area contributed by atoms with Crippen molar-refractivity contribution >= 4 is 33.3 Å². The van der Waals surface area contributed by atoms with Gasteiger partial charge in [-0.1, -0.05) is 11.3 Å². The van der Waals surface area contributed by atoms with E-state index in [1.165, 1.54) is 6.07 Å². The highest BCUT2D eigenvalue weighted by Crippen LogP contribution is 2.32. The SMILES string of the molecule is COc1ccc(NC(=O)N2CCC(Oc3nc4c(F)cc(F)cc4s3)CC2)cc1. The Kier molecular flexibility index (Phi) is 5.48. The molecule has 29 heavy (non-hydrogen) atoms. The van der Waals surface area contributed by atoms with Crippen molar-refractivity contribution in [3.05, 3.63) is 48.0 Å². The van der Waals surface area contributed by atoms with Crippen LogP contribution >= 0.6 is 11.3 Å². The molecule has 1 saturated heterocycles. The van der Waals surface area contributed by atoms with E-state index in [4.69, 9.17) is 9.47 Å². The first-order valence-electron chi connectivity index (χ1n) is 9.14. The summed E-state index contributed by atoms with van der Waals surface area (Å²) in [6.07, 6.45) is 1.12. The minimum absolute atomic E-state index is 0.114. The van der Waals surface area contributed by atoms with Gasteiger partial charge < -0.3 is 19.7 Å². The maximum Gasteiger partial charge on any atom is 0.321 e. The van der Waals surface area contributed by atoms with Crippen LogP contribution in [-0.2, 0) is 0 Å². The van der Waals surface area contributed by atoms with Crippen LogP contribution in [0.4, 0.5) is 19.3 Å². The molecule has 1 aromatic heterocycles. The highest BCUT2D eigenvalue weighted by atomic mass is 32.1. The molecule has 2 amide bonds. The quantitative estimate of drug-likeness (QED) is 0.668. The van der Waals surface area contributed by atoms with E-state index in [9.17, 15) is 13.6 Å². The number of amides is 2. The second-order valence-corrected chi connectivity index (χ2v) is 7.67. The van der Waals surface area contributed by atoms with Crippen LogP contribution in [0.1, 0.15) is 12.8 Å². The second-order valence-electron chi connectivity index (χ2n) is 6.68. The number of methoxy groups -OCH3 is 1. The third kappa shape index (κ3) is 4.40. The standard InChI is InChI=1S/C20H19F2N3O3S/c1-27-14-4-2-13(3-5-14)23-19(26)25-8-6-15(7-9-25)28-20-24-18-16(22)10-12(21)11-17(18)29-20/h2-5,10-11,15H,6-9H2,1H3,(H,23,26). The van der Waals surface area contributed by atoms with Gasteiger partial charge in [0.25, 0.3) is 5.19 Å². The molecule has 0 saturated carbocycles. The second kappa shape index (κ2) is 8.20. The van der Waals surface area contributed by atoms with Gasteiger partial charge in [0.1, 0.15) is 23.2 Å². The Balaban J connectivity index is 1.32. The number of piperidine rings is 1. The molecule has 0 atom stereocenters. The van der Waals surface area contributed by atoms with Crippen LogP contribution in [0.25, 0.3) is 10.2 Å². The van der Waals surface area contributed by atoms with Crippen molar-refractivity contribution in [2.75, 3.05) is 25.5 Å². The number of carbonyl (C=O) groups is 1. The summed E-state index contributed by atoms with van der Waals surface area (Å²) in [5.74, 6) is -0.615. The van der Waals surface area contributed by atoms with E-state index in [1.54, 1.807) is 36.3 Å². The lowest BCUT2D eigenvalue weighted by molar-refractivity contribution is 0.115.